The molecule has 2 heterocycles. The van der Waals surface area contributed by atoms with E-state index in [0.717, 1.165) is 40.4 Å². The van der Waals surface area contributed by atoms with Gasteiger partial charge in [0.2, 0.25) is 0 Å². The molecule has 1 aliphatic heterocycles. The molecule has 4 heteroatoms. The lowest BCUT2D eigenvalue weighted by Crippen LogP contribution is -2.15. The predicted molar refractivity (Wildman–Crippen MR) is 110 cm³/mol. The third kappa shape index (κ3) is 3.16. The van der Waals surface area contributed by atoms with Gasteiger partial charge in [-0.05, 0) is 48.3 Å². The van der Waals surface area contributed by atoms with Crippen molar-refractivity contribution in [3.8, 4) is 0 Å². The number of rotatable bonds is 5. The summed E-state index contributed by atoms with van der Waals surface area (Å²) in [7, 11) is 0. The summed E-state index contributed by atoms with van der Waals surface area (Å²) in [6, 6.07) is 8.41. The van der Waals surface area contributed by atoms with E-state index in [1.807, 2.05) is 31.2 Å². The summed E-state index contributed by atoms with van der Waals surface area (Å²) in [5, 5.41) is 3.37. The van der Waals surface area contributed by atoms with E-state index in [4.69, 9.17) is 4.74 Å². The van der Waals surface area contributed by atoms with Crippen LogP contribution in [0, 0.1) is 6.92 Å². The average Bonchev–Trinajstić information content (AvgIpc) is 2.68. The molecule has 0 fully saturated rings. The second-order valence-corrected chi connectivity index (χ2v) is 7.04. The van der Waals surface area contributed by atoms with Gasteiger partial charge in [-0.25, -0.2) is 4.79 Å². The van der Waals surface area contributed by atoms with Crippen molar-refractivity contribution < 1.29 is 4.74 Å². The minimum absolute atomic E-state index is 0.212. The Bertz CT molecular complexity index is 1110. The first kappa shape index (κ1) is 17.5. The zero-order chi connectivity index (χ0) is 18.8. The first-order chi connectivity index (χ1) is 13.2. The van der Waals surface area contributed by atoms with Gasteiger partial charge in [-0.3, -0.25) is 0 Å². The first-order valence-corrected chi connectivity index (χ1v) is 9.63. The predicted octanol–water partition coefficient (Wildman–Crippen LogP) is 5.26. The second-order valence-electron chi connectivity index (χ2n) is 7.04. The Hall–Kier alpha value is -2.88. The molecule has 0 aliphatic carbocycles. The number of ether oxygens (including phenoxy) is 1. The van der Waals surface area contributed by atoms with Crippen LogP contribution in [-0.4, -0.2) is 9.97 Å². The van der Waals surface area contributed by atoms with Gasteiger partial charge in [0, 0.05) is 10.9 Å². The van der Waals surface area contributed by atoms with E-state index in [-0.39, 0.29) is 11.8 Å². The van der Waals surface area contributed by atoms with Crippen LogP contribution in [0.5, 0.6) is 0 Å². The molecule has 1 aliphatic rings. The van der Waals surface area contributed by atoms with E-state index in [1.165, 1.54) is 23.8 Å². The maximum Gasteiger partial charge on any atom is 0.345 e. The van der Waals surface area contributed by atoms with E-state index in [0.29, 0.717) is 0 Å². The molecule has 1 aromatic heterocycles. The molecule has 1 N–H and O–H groups in total. The minimum atomic E-state index is -0.314. The van der Waals surface area contributed by atoms with Gasteiger partial charge >= 0.3 is 5.69 Å². The van der Waals surface area contributed by atoms with Gasteiger partial charge in [0.25, 0.3) is 0 Å². The van der Waals surface area contributed by atoms with Gasteiger partial charge in [-0.1, -0.05) is 50.1 Å². The van der Waals surface area contributed by atoms with Crippen LogP contribution in [0.4, 0.5) is 0 Å². The van der Waals surface area contributed by atoms with Crippen LogP contribution in [0.2, 0.25) is 0 Å². The smallest absolute Gasteiger partial charge is 0.345 e. The lowest BCUT2D eigenvalue weighted by molar-refractivity contribution is 0.186. The van der Waals surface area contributed by atoms with Crippen molar-refractivity contribution >= 4 is 21.7 Å². The number of allylic oxidation sites excluding steroid dienone is 2. The molecule has 0 radical (unpaired) electrons. The Morgan fingerprint density at radius 3 is 2.70 bits per heavy atom. The van der Waals surface area contributed by atoms with Gasteiger partial charge in [0.1, 0.15) is 6.10 Å². The largest absolute Gasteiger partial charge is 0.489 e. The Morgan fingerprint density at radius 1 is 1.15 bits per heavy atom. The van der Waals surface area contributed by atoms with Gasteiger partial charge in [-0.15, -0.1) is 0 Å². The number of aryl methyl sites for hydroxylation is 2. The van der Waals surface area contributed by atoms with Crippen LogP contribution in [0.25, 0.3) is 21.7 Å². The molecule has 1 atom stereocenters. The van der Waals surface area contributed by atoms with Crippen molar-refractivity contribution in [1.29, 1.82) is 0 Å². The lowest BCUT2D eigenvalue weighted by Gasteiger charge is -2.23. The molecule has 0 bridgehead atoms. The van der Waals surface area contributed by atoms with Crippen LogP contribution in [0.3, 0.4) is 0 Å². The monoisotopic (exact) mass is 360 g/mol. The number of nitrogens with zero attached hydrogens (tertiary/aromatic N) is 1. The summed E-state index contributed by atoms with van der Waals surface area (Å²) in [5.41, 5.74) is 3.61. The topological polar surface area (TPSA) is 55.0 Å². The molecule has 0 spiro atoms. The Labute approximate surface area is 158 Å². The Balaban J connectivity index is 2.10. The van der Waals surface area contributed by atoms with E-state index in [2.05, 4.69) is 35.1 Å². The highest BCUT2D eigenvalue weighted by Crippen LogP contribution is 2.39. The number of hydrogen-bond donors (Lipinski definition) is 1. The first-order valence-electron chi connectivity index (χ1n) is 9.63. The number of aromatic nitrogens is 2. The van der Waals surface area contributed by atoms with Crippen molar-refractivity contribution in [3.63, 3.8) is 0 Å². The maximum atomic E-state index is 12.2. The molecule has 2 aromatic carbocycles. The highest BCUT2D eigenvalue weighted by molar-refractivity contribution is 6.10. The quantitative estimate of drug-likeness (QED) is 0.499. The van der Waals surface area contributed by atoms with E-state index >= 15 is 0 Å². The minimum Gasteiger partial charge on any atom is -0.489 e. The fourth-order valence-electron chi connectivity index (χ4n) is 4.06. The number of H-pyrrole nitrogens is 1. The van der Waals surface area contributed by atoms with Crippen molar-refractivity contribution in [2.45, 2.75) is 45.6 Å². The fourth-order valence-corrected chi connectivity index (χ4v) is 4.06. The van der Waals surface area contributed by atoms with E-state index in [1.54, 1.807) is 6.26 Å². The zero-order valence-electron chi connectivity index (χ0n) is 15.8. The highest BCUT2D eigenvalue weighted by atomic mass is 16.5. The number of aromatic amines is 1. The summed E-state index contributed by atoms with van der Waals surface area (Å²) in [6.45, 7) is 4.12. The number of unbranched alkanes of at least 4 members (excludes halogenated alkanes) is 2. The second kappa shape index (κ2) is 7.39. The molecule has 0 amide bonds. The number of benzene rings is 2. The highest BCUT2D eigenvalue weighted by Gasteiger charge is 2.23. The number of nitrogens with one attached hydrogen (secondary N) is 1. The third-order valence-corrected chi connectivity index (χ3v) is 5.24. The zero-order valence-corrected chi connectivity index (χ0v) is 15.8. The summed E-state index contributed by atoms with van der Waals surface area (Å²) in [5.74, 6) is 0. The molecular formula is C23H24N2O2. The van der Waals surface area contributed by atoms with Crippen molar-refractivity contribution in [2.24, 2.45) is 0 Å². The number of hydrogen-bond acceptors (Lipinski definition) is 3. The molecule has 27 heavy (non-hydrogen) atoms. The molecule has 138 valence electrons. The standard InChI is InChI=1S/C23H24N2O2/c1-3-4-5-11-18-16-10-6-7-12-17(16)20-15(2)24-23(26)25-22(20)21(18)19-13-8-9-14-27-19/h6-10,12-14,19H,3-5,11H2,1-2H3,(H,24,25,26). The normalized spacial score (nSPS) is 16.1. The van der Waals surface area contributed by atoms with Crippen molar-refractivity contribution in [1.82, 2.24) is 9.97 Å². The summed E-state index contributed by atoms with van der Waals surface area (Å²) in [6.07, 6.45) is 11.8. The van der Waals surface area contributed by atoms with Crippen LogP contribution in [0.15, 0.2) is 53.6 Å². The van der Waals surface area contributed by atoms with Crippen molar-refractivity contribution in [2.75, 3.05) is 0 Å². The van der Waals surface area contributed by atoms with Gasteiger partial charge in [0.15, 0.2) is 0 Å². The Kier molecular flexibility index (Phi) is 4.80. The summed E-state index contributed by atoms with van der Waals surface area (Å²) in [4.78, 5) is 19.4. The van der Waals surface area contributed by atoms with Crippen LogP contribution in [0.1, 0.15) is 49.1 Å². The van der Waals surface area contributed by atoms with Crippen LogP contribution >= 0.6 is 0 Å². The van der Waals surface area contributed by atoms with Crippen molar-refractivity contribution in [3.05, 3.63) is 76.1 Å². The van der Waals surface area contributed by atoms with Crippen LogP contribution in [-0.2, 0) is 11.2 Å². The molecule has 4 nitrogen and oxygen atoms in total. The molecular weight excluding hydrogens is 336 g/mol. The fraction of sp³-hybridized carbons (Fsp3) is 0.304. The summed E-state index contributed by atoms with van der Waals surface area (Å²) < 4.78 is 5.94. The van der Waals surface area contributed by atoms with Gasteiger partial charge < -0.3 is 9.72 Å². The third-order valence-electron chi connectivity index (χ3n) is 5.24. The molecule has 0 saturated heterocycles. The van der Waals surface area contributed by atoms with E-state index < -0.39 is 0 Å². The molecule has 4 rings (SSSR count). The average molecular weight is 360 g/mol. The SMILES string of the molecule is CCCCCc1c(C2C=CC=CO2)c2[nH]c(=O)nc(C)c2c2ccccc12. The molecule has 0 saturated carbocycles. The Morgan fingerprint density at radius 2 is 1.96 bits per heavy atom. The van der Waals surface area contributed by atoms with E-state index in [9.17, 15) is 4.79 Å². The summed E-state index contributed by atoms with van der Waals surface area (Å²) >= 11 is 0. The molecule has 1 unspecified atom stereocenters. The number of fused-ring (bicyclic) bond motifs is 3. The lowest BCUT2D eigenvalue weighted by atomic mass is 9.88. The van der Waals surface area contributed by atoms with Gasteiger partial charge in [0.05, 0.1) is 17.5 Å². The maximum absolute atomic E-state index is 12.2. The van der Waals surface area contributed by atoms with Crippen LogP contribution < -0.4 is 5.69 Å². The van der Waals surface area contributed by atoms with Gasteiger partial charge in [-0.2, -0.15) is 4.98 Å². The molecule has 3 aromatic rings.